The van der Waals surface area contributed by atoms with Crippen molar-refractivity contribution < 1.29 is 21.2 Å². The van der Waals surface area contributed by atoms with Gasteiger partial charge >= 0.3 is 0 Å². The van der Waals surface area contributed by atoms with Crippen LogP contribution < -0.4 is 4.72 Å². The van der Waals surface area contributed by atoms with Gasteiger partial charge in [0.2, 0.25) is 20.0 Å². The fourth-order valence-electron chi connectivity index (χ4n) is 3.40. The number of halogens is 1. The maximum Gasteiger partial charge on any atom is 0.243 e. The fraction of sp³-hybridized carbons (Fsp3) is 0.250. The zero-order valence-corrected chi connectivity index (χ0v) is 18.1. The zero-order valence-electron chi connectivity index (χ0n) is 16.5. The molecule has 1 aromatic heterocycles. The number of nitrogens with zero attached hydrogens (tertiary/aromatic N) is 3. The van der Waals surface area contributed by atoms with Crippen molar-refractivity contribution >= 4 is 20.0 Å². The Bertz CT molecular complexity index is 1270. The van der Waals surface area contributed by atoms with E-state index in [0.717, 1.165) is 12.8 Å². The fourth-order valence-corrected chi connectivity index (χ4v) is 5.94. The molecule has 2 aromatic carbocycles. The van der Waals surface area contributed by atoms with E-state index in [0.29, 0.717) is 24.3 Å². The van der Waals surface area contributed by atoms with Crippen molar-refractivity contribution in [2.75, 3.05) is 13.1 Å². The quantitative estimate of drug-likeness (QED) is 0.578. The van der Waals surface area contributed by atoms with Crippen molar-refractivity contribution in [2.24, 2.45) is 0 Å². The van der Waals surface area contributed by atoms with Crippen LogP contribution in [0.15, 0.2) is 71.0 Å². The largest absolute Gasteiger partial charge is 0.303 e. The molecule has 0 spiro atoms. The van der Waals surface area contributed by atoms with E-state index in [1.807, 2.05) is 0 Å². The molecule has 4 rings (SSSR count). The number of imidazole rings is 1. The van der Waals surface area contributed by atoms with E-state index in [-0.39, 0.29) is 16.3 Å². The molecule has 1 fully saturated rings. The Morgan fingerprint density at radius 1 is 0.968 bits per heavy atom. The highest BCUT2D eigenvalue weighted by molar-refractivity contribution is 7.89. The Labute approximate surface area is 180 Å². The summed E-state index contributed by atoms with van der Waals surface area (Å²) in [6, 6.07) is 9.51. The van der Waals surface area contributed by atoms with E-state index in [2.05, 4.69) is 9.71 Å². The lowest BCUT2D eigenvalue weighted by Gasteiger charge is -2.15. The molecule has 0 amide bonds. The average molecular weight is 465 g/mol. The standard InChI is InChI=1S/C20H21FN4O4S2/c21-19-13-16(3-8-20(19)24-12-9-22-15-24)14-23-30(26,27)17-4-6-18(7-5-17)31(28,29)25-10-1-2-11-25/h3-9,12-13,15,23H,1-2,10-11,14H2. The molecular formula is C20H21FN4O4S2. The Balaban J connectivity index is 1.46. The van der Waals surface area contributed by atoms with Gasteiger partial charge in [0.05, 0.1) is 21.8 Å². The van der Waals surface area contributed by atoms with Gasteiger partial charge < -0.3 is 4.57 Å². The highest BCUT2D eigenvalue weighted by Gasteiger charge is 2.27. The van der Waals surface area contributed by atoms with Crippen molar-refractivity contribution in [1.82, 2.24) is 18.6 Å². The first-order chi connectivity index (χ1) is 14.8. The van der Waals surface area contributed by atoms with Crippen LogP contribution in [0.25, 0.3) is 5.69 Å². The molecule has 164 valence electrons. The number of benzene rings is 2. The normalized spacial score (nSPS) is 15.4. The van der Waals surface area contributed by atoms with Crippen molar-refractivity contribution in [3.8, 4) is 5.69 Å². The third kappa shape index (κ3) is 4.54. The SMILES string of the molecule is O=S(=O)(NCc1ccc(-n2ccnc2)c(F)c1)c1ccc(S(=O)(=O)N2CCCC2)cc1. The van der Waals surface area contributed by atoms with Crippen LogP contribution in [0.1, 0.15) is 18.4 Å². The van der Waals surface area contributed by atoms with Gasteiger partial charge in [0.15, 0.2) is 0 Å². The van der Waals surface area contributed by atoms with E-state index >= 15 is 0 Å². The topological polar surface area (TPSA) is 101 Å². The van der Waals surface area contributed by atoms with E-state index in [1.165, 1.54) is 51.7 Å². The van der Waals surface area contributed by atoms with Crippen LogP contribution in [0.4, 0.5) is 4.39 Å². The predicted octanol–water partition coefficient (Wildman–Crippen LogP) is 2.27. The van der Waals surface area contributed by atoms with E-state index in [9.17, 15) is 21.2 Å². The monoisotopic (exact) mass is 464 g/mol. The molecule has 1 N–H and O–H groups in total. The molecule has 31 heavy (non-hydrogen) atoms. The number of hydrogen-bond acceptors (Lipinski definition) is 5. The first-order valence-electron chi connectivity index (χ1n) is 9.64. The number of nitrogens with one attached hydrogen (secondary N) is 1. The summed E-state index contributed by atoms with van der Waals surface area (Å²) < 4.78 is 70.0. The number of rotatable bonds is 7. The molecule has 0 unspecified atom stereocenters. The van der Waals surface area contributed by atoms with Gasteiger partial charge in [0, 0.05) is 32.0 Å². The molecule has 0 aliphatic carbocycles. The minimum Gasteiger partial charge on any atom is -0.303 e. The van der Waals surface area contributed by atoms with E-state index < -0.39 is 25.9 Å². The van der Waals surface area contributed by atoms with Gasteiger partial charge in [-0.25, -0.2) is 30.9 Å². The summed E-state index contributed by atoms with van der Waals surface area (Å²) in [6.45, 7) is 0.831. The molecule has 0 saturated carbocycles. The van der Waals surface area contributed by atoms with Gasteiger partial charge in [-0.05, 0) is 54.8 Å². The van der Waals surface area contributed by atoms with Crippen LogP contribution in [0, 0.1) is 5.82 Å². The number of hydrogen-bond donors (Lipinski definition) is 1. The zero-order chi connectivity index (χ0) is 22.1. The second-order valence-electron chi connectivity index (χ2n) is 7.16. The smallest absolute Gasteiger partial charge is 0.243 e. The Morgan fingerprint density at radius 3 is 2.26 bits per heavy atom. The molecular weight excluding hydrogens is 443 g/mol. The molecule has 0 bridgehead atoms. The molecule has 2 heterocycles. The van der Waals surface area contributed by atoms with Crippen LogP contribution in [0.5, 0.6) is 0 Å². The molecule has 11 heteroatoms. The maximum atomic E-state index is 14.4. The van der Waals surface area contributed by atoms with Crippen LogP contribution in [0.3, 0.4) is 0 Å². The first-order valence-corrected chi connectivity index (χ1v) is 12.6. The van der Waals surface area contributed by atoms with Crippen LogP contribution in [-0.4, -0.2) is 43.8 Å². The second kappa shape index (κ2) is 8.50. The third-order valence-corrected chi connectivity index (χ3v) is 8.43. The summed E-state index contributed by atoms with van der Waals surface area (Å²) in [5, 5.41) is 0. The Kier molecular flexibility index (Phi) is 5.93. The van der Waals surface area contributed by atoms with Crippen molar-refractivity contribution in [1.29, 1.82) is 0 Å². The van der Waals surface area contributed by atoms with Gasteiger partial charge in [0.1, 0.15) is 5.82 Å². The molecule has 8 nitrogen and oxygen atoms in total. The predicted molar refractivity (Wildman–Crippen MR) is 112 cm³/mol. The lowest BCUT2D eigenvalue weighted by atomic mass is 10.2. The molecule has 1 saturated heterocycles. The molecule has 1 aliphatic heterocycles. The number of sulfonamides is 2. The minimum atomic E-state index is -3.90. The lowest BCUT2D eigenvalue weighted by molar-refractivity contribution is 0.477. The summed E-state index contributed by atoms with van der Waals surface area (Å²) in [4.78, 5) is 3.87. The van der Waals surface area contributed by atoms with Crippen LogP contribution in [0.2, 0.25) is 0 Å². The van der Waals surface area contributed by atoms with Gasteiger partial charge in [0.25, 0.3) is 0 Å². The second-order valence-corrected chi connectivity index (χ2v) is 10.9. The van der Waals surface area contributed by atoms with Crippen molar-refractivity contribution in [3.05, 3.63) is 72.6 Å². The summed E-state index contributed by atoms with van der Waals surface area (Å²) in [5.74, 6) is -0.508. The Hall–Kier alpha value is -2.60. The highest BCUT2D eigenvalue weighted by atomic mass is 32.2. The first kappa shape index (κ1) is 21.6. The summed E-state index contributed by atoms with van der Waals surface area (Å²) >= 11 is 0. The van der Waals surface area contributed by atoms with E-state index in [4.69, 9.17) is 0 Å². The van der Waals surface area contributed by atoms with E-state index in [1.54, 1.807) is 18.3 Å². The molecule has 0 atom stereocenters. The maximum absolute atomic E-state index is 14.4. The Morgan fingerprint density at radius 2 is 1.65 bits per heavy atom. The summed E-state index contributed by atoms with van der Waals surface area (Å²) in [6.07, 6.45) is 6.24. The van der Waals surface area contributed by atoms with Crippen LogP contribution >= 0.6 is 0 Å². The van der Waals surface area contributed by atoms with Gasteiger partial charge in [-0.15, -0.1) is 0 Å². The molecule has 0 radical (unpaired) electrons. The average Bonchev–Trinajstić information content (AvgIpc) is 3.47. The van der Waals surface area contributed by atoms with Gasteiger partial charge in [-0.2, -0.15) is 4.31 Å². The third-order valence-electron chi connectivity index (χ3n) is 5.10. The minimum absolute atomic E-state index is 0.0607. The highest BCUT2D eigenvalue weighted by Crippen LogP contribution is 2.22. The van der Waals surface area contributed by atoms with Gasteiger partial charge in [-0.1, -0.05) is 6.07 Å². The van der Waals surface area contributed by atoms with Crippen LogP contribution in [-0.2, 0) is 26.6 Å². The molecule has 1 aliphatic rings. The van der Waals surface area contributed by atoms with Crippen molar-refractivity contribution in [2.45, 2.75) is 29.2 Å². The number of aromatic nitrogens is 2. The lowest BCUT2D eigenvalue weighted by Crippen LogP contribution is -2.28. The summed E-state index contributed by atoms with van der Waals surface area (Å²) in [7, 11) is -7.52. The molecule has 3 aromatic rings. The van der Waals surface area contributed by atoms with Gasteiger partial charge in [-0.3, -0.25) is 0 Å². The van der Waals surface area contributed by atoms with Crippen molar-refractivity contribution in [3.63, 3.8) is 0 Å². The summed E-state index contributed by atoms with van der Waals surface area (Å²) in [5.41, 5.74) is 0.747.